The lowest BCUT2D eigenvalue weighted by molar-refractivity contribution is 0.0231. The van der Waals surface area contributed by atoms with Crippen LogP contribution in [0, 0.1) is 0 Å². The van der Waals surface area contributed by atoms with Crippen molar-refractivity contribution < 1.29 is 5.11 Å². The number of hydrogen-bond donors (Lipinski definition) is 2. The molecule has 0 aliphatic rings. The molecule has 22 heavy (non-hydrogen) atoms. The zero-order valence-electron chi connectivity index (χ0n) is 13.2. The fourth-order valence-corrected chi connectivity index (χ4v) is 2.90. The van der Waals surface area contributed by atoms with Crippen molar-refractivity contribution in [2.24, 2.45) is 0 Å². The first-order chi connectivity index (χ1) is 10.5. The van der Waals surface area contributed by atoms with Crippen LogP contribution in [0.15, 0.2) is 59.1 Å². The van der Waals surface area contributed by atoms with Crippen LogP contribution in [0.3, 0.4) is 0 Å². The van der Waals surface area contributed by atoms with Crippen molar-refractivity contribution in [2.45, 2.75) is 38.3 Å². The second-order valence-corrected chi connectivity index (χ2v) is 6.64. The molecule has 0 heterocycles. The highest BCUT2D eigenvalue weighted by molar-refractivity contribution is 9.10. The second-order valence-electron chi connectivity index (χ2n) is 5.73. The van der Waals surface area contributed by atoms with E-state index in [9.17, 15) is 5.11 Å². The van der Waals surface area contributed by atoms with Crippen LogP contribution in [-0.4, -0.2) is 11.7 Å². The van der Waals surface area contributed by atoms with Crippen molar-refractivity contribution in [3.05, 3.63) is 70.2 Å². The van der Waals surface area contributed by atoms with Gasteiger partial charge in [0.25, 0.3) is 0 Å². The Morgan fingerprint density at radius 1 is 1.09 bits per heavy atom. The molecule has 2 aromatic rings. The number of hydrogen-bond acceptors (Lipinski definition) is 2. The number of benzene rings is 2. The lowest BCUT2D eigenvalue weighted by Crippen LogP contribution is -2.31. The van der Waals surface area contributed by atoms with Gasteiger partial charge in [-0.25, -0.2) is 0 Å². The Kier molecular flexibility index (Phi) is 6.18. The molecule has 3 heteroatoms. The van der Waals surface area contributed by atoms with Gasteiger partial charge in [-0.3, -0.25) is 0 Å². The highest BCUT2D eigenvalue weighted by atomic mass is 79.9. The third-order valence-electron chi connectivity index (χ3n) is 4.26. The van der Waals surface area contributed by atoms with E-state index < -0.39 is 5.60 Å². The van der Waals surface area contributed by atoms with Gasteiger partial charge in [0, 0.05) is 10.5 Å². The maximum Gasteiger partial charge on any atom is 0.0906 e. The summed E-state index contributed by atoms with van der Waals surface area (Å²) < 4.78 is 1.09. The molecule has 0 radical (unpaired) electrons. The maximum atomic E-state index is 10.9. The Labute approximate surface area is 141 Å². The van der Waals surface area contributed by atoms with E-state index in [1.807, 2.05) is 37.3 Å². The van der Waals surface area contributed by atoms with E-state index >= 15 is 0 Å². The topological polar surface area (TPSA) is 32.3 Å². The van der Waals surface area contributed by atoms with Gasteiger partial charge in [0.15, 0.2) is 0 Å². The van der Waals surface area contributed by atoms with Crippen LogP contribution in [0.25, 0.3) is 0 Å². The smallest absolute Gasteiger partial charge is 0.0906 e. The average Bonchev–Trinajstić information content (AvgIpc) is 2.56. The molecule has 0 fully saturated rings. The van der Waals surface area contributed by atoms with Crippen LogP contribution in [0.4, 0.5) is 0 Å². The summed E-state index contributed by atoms with van der Waals surface area (Å²) in [5.41, 5.74) is 1.49. The lowest BCUT2D eigenvalue weighted by Gasteiger charge is -2.28. The van der Waals surface area contributed by atoms with Gasteiger partial charge < -0.3 is 10.4 Å². The highest BCUT2D eigenvalue weighted by Crippen LogP contribution is 2.28. The molecular formula is C19H24BrNO. The molecule has 2 nitrogen and oxygen atoms in total. The molecule has 2 atom stereocenters. The van der Waals surface area contributed by atoms with Gasteiger partial charge in [-0.1, -0.05) is 65.3 Å². The molecule has 0 aliphatic heterocycles. The normalized spacial score (nSPS) is 15.3. The first kappa shape index (κ1) is 17.2. The molecule has 0 aliphatic carbocycles. The summed E-state index contributed by atoms with van der Waals surface area (Å²) in [6.45, 7) is 4.96. The van der Waals surface area contributed by atoms with Crippen LogP contribution in [0.5, 0.6) is 0 Å². The maximum absolute atomic E-state index is 10.9. The largest absolute Gasteiger partial charge is 0.385 e. The molecule has 1 unspecified atom stereocenters. The molecule has 0 spiro atoms. The van der Waals surface area contributed by atoms with Crippen LogP contribution < -0.4 is 5.32 Å². The van der Waals surface area contributed by atoms with E-state index in [2.05, 4.69) is 52.4 Å². The minimum Gasteiger partial charge on any atom is -0.385 e. The van der Waals surface area contributed by atoms with Gasteiger partial charge >= 0.3 is 0 Å². The van der Waals surface area contributed by atoms with Gasteiger partial charge in [-0.15, -0.1) is 0 Å². The third kappa shape index (κ3) is 4.42. The molecule has 0 saturated carbocycles. The molecular weight excluding hydrogens is 338 g/mol. The Morgan fingerprint density at radius 3 is 2.32 bits per heavy atom. The van der Waals surface area contributed by atoms with Gasteiger partial charge in [-0.2, -0.15) is 0 Å². The minimum absolute atomic E-state index is 0.268. The Balaban J connectivity index is 1.92. The fourth-order valence-electron chi connectivity index (χ4n) is 2.64. The average molecular weight is 362 g/mol. The minimum atomic E-state index is -0.756. The van der Waals surface area contributed by atoms with Crippen molar-refractivity contribution in [1.29, 1.82) is 0 Å². The Morgan fingerprint density at radius 2 is 1.73 bits per heavy atom. The van der Waals surface area contributed by atoms with Crippen molar-refractivity contribution in [3.63, 3.8) is 0 Å². The molecule has 0 bridgehead atoms. The zero-order chi connectivity index (χ0) is 16.0. The van der Waals surface area contributed by atoms with Crippen LogP contribution in [0.2, 0.25) is 0 Å². The lowest BCUT2D eigenvalue weighted by atomic mass is 9.88. The molecule has 0 aromatic heterocycles. The number of rotatable bonds is 7. The third-order valence-corrected chi connectivity index (χ3v) is 4.78. The van der Waals surface area contributed by atoms with Crippen LogP contribution in [-0.2, 0) is 5.60 Å². The van der Waals surface area contributed by atoms with Gasteiger partial charge in [0.2, 0.25) is 0 Å². The van der Waals surface area contributed by atoms with Gasteiger partial charge in [0.05, 0.1) is 5.60 Å². The molecule has 0 amide bonds. The summed E-state index contributed by atoms with van der Waals surface area (Å²) in [5.74, 6) is 0. The van der Waals surface area contributed by atoms with Crippen molar-refractivity contribution in [1.82, 2.24) is 5.32 Å². The summed E-state index contributed by atoms with van der Waals surface area (Å²) >= 11 is 3.46. The van der Waals surface area contributed by atoms with Crippen molar-refractivity contribution in [2.75, 3.05) is 6.54 Å². The van der Waals surface area contributed by atoms with Crippen LogP contribution in [0.1, 0.15) is 43.9 Å². The first-order valence-electron chi connectivity index (χ1n) is 7.82. The Bertz CT molecular complexity index is 570. The predicted octanol–water partition coefficient (Wildman–Crippen LogP) is 4.79. The fraction of sp³-hybridized carbons (Fsp3) is 0.368. The molecule has 2 aromatic carbocycles. The van der Waals surface area contributed by atoms with Gasteiger partial charge in [-0.05, 0) is 49.6 Å². The standard InChI is InChI=1S/C19H24BrNO/c1-3-19(22,17-7-5-4-6-8-17)13-14-21-15(2)16-9-11-18(20)12-10-16/h4-12,15,21-22H,3,13-14H2,1-2H3/t15-,19?/m0/s1. The Hall–Kier alpha value is -1.16. The highest BCUT2D eigenvalue weighted by Gasteiger charge is 2.26. The van der Waals surface area contributed by atoms with E-state index in [-0.39, 0.29) is 6.04 Å². The molecule has 0 saturated heterocycles. The summed E-state index contributed by atoms with van der Waals surface area (Å²) in [6, 6.07) is 18.6. The zero-order valence-corrected chi connectivity index (χ0v) is 14.8. The summed E-state index contributed by atoms with van der Waals surface area (Å²) in [5, 5.41) is 14.4. The summed E-state index contributed by atoms with van der Waals surface area (Å²) in [7, 11) is 0. The monoisotopic (exact) mass is 361 g/mol. The first-order valence-corrected chi connectivity index (χ1v) is 8.61. The number of aliphatic hydroxyl groups is 1. The molecule has 2 rings (SSSR count). The predicted molar refractivity (Wildman–Crippen MR) is 95.8 cm³/mol. The number of nitrogens with one attached hydrogen (secondary N) is 1. The van der Waals surface area contributed by atoms with Crippen molar-refractivity contribution >= 4 is 15.9 Å². The summed E-state index contributed by atoms with van der Waals surface area (Å²) in [6.07, 6.45) is 1.42. The van der Waals surface area contributed by atoms with E-state index in [0.717, 1.165) is 16.6 Å². The SMILES string of the molecule is CCC(O)(CCN[C@@H](C)c1ccc(Br)cc1)c1ccccc1. The number of halogens is 1. The molecule has 2 N–H and O–H groups in total. The molecule has 118 valence electrons. The summed E-state index contributed by atoms with van der Waals surface area (Å²) in [4.78, 5) is 0. The van der Waals surface area contributed by atoms with Crippen molar-refractivity contribution in [3.8, 4) is 0 Å². The quantitative estimate of drug-likeness (QED) is 0.742. The van der Waals surface area contributed by atoms with E-state index in [1.54, 1.807) is 0 Å². The van der Waals surface area contributed by atoms with E-state index in [4.69, 9.17) is 0 Å². The van der Waals surface area contributed by atoms with Gasteiger partial charge in [0.1, 0.15) is 0 Å². The second kappa shape index (κ2) is 7.91. The van der Waals surface area contributed by atoms with Crippen LogP contribution >= 0.6 is 15.9 Å². The van der Waals surface area contributed by atoms with E-state index in [1.165, 1.54) is 5.56 Å². The van der Waals surface area contributed by atoms with E-state index in [0.29, 0.717) is 12.8 Å².